The van der Waals surface area contributed by atoms with Gasteiger partial charge in [0.05, 0.1) is 0 Å². The highest BCUT2D eigenvalue weighted by atomic mass is 19.1. The van der Waals surface area contributed by atoms with Gasteiger partial charge in [-0.1, -0.05) is 30.3 Å². The highest BCUT2D eigenvalue weighted by Crippen LogP contribution is 2.17. The van der Waals surface area contributed by atoms with Crippen molar-refractivity contribution in [2.45, 2.75) is 6.92 Å². The molecule has 0 saturated carbocycles. The van der Waals surface area contributed by atoms with Crippen LogP contribution in [0.2, 0.25) is 0 Å². The van der Waals surface area contributed by atoms with Gasteiger partial charge in [0.1, 0.15) is 22.7 Å². The standard InChI is InChI=1S/C18H13FN2O3/c1-11(22)20-17(23)13-10-12-6-2-5-9-16(12)24-18(13)21-15-8-4-3-7-14(15)19/h2-10H,1H3,(H,20,22,23). The zero-order chi connectivity index (χ0) is 17.1. The van der Waals surface area contributed by atoms with E-state index in [1.54, 1.807) is 36.4 Å². The van der Waals surface area contributed by atoms with Crippen molar-refractivity contribution < 1.29 is 18.4 Å². The number of rotatable bonds is 2. The molecule has 3 aromatic rings. The number of hydrogen-bond donors (Lipinski definition) is 1. The average molecular weight is 324 g/mol. The predicted molar refractivity (Wildman–Crippen MR) is 86.0 cm³/mol. The first-order chi connectivity index (χ1) is 11.5. The molecule has 1 heterocycles. The Hall–Kier alpha value is -3.28. The second kappa shape index (κ2) is 6.45. The zero-order valence-electron chi connectivity index (χ0n) is 12.7. The number of fused-ring (bicyclic) bond motifs is 1. The molecule has 0 aliphatic heterocycles. The first kappa shape index (κ1) is 15.6. The number of nitrogens with one attached hydrogen (secondary N) is 1. The number of imide groups is 1. The Kier molecular flexibility index (Phi) is 4.20. The van der Waals surface area contributed by atoms with E-state index in [9.17, 15) is 14.0 Å². The first-order valence-electron chi connectivity index (χ1n) is 7.18. The maximum atomic E-state index is 13.8. The average Bonchev–Trinajstić information content (AvgIpc) is 2.55. The van der Waals surface area contributed by atoms with Crippen molar-refractivity contribution in [3.05, 3.63) is 71.5 Å². The third kappa shape index (κ3) is 3.22. The Morgan fingerprint density at radius 3 is 2.54 bits per heavy atom. The van der Waals surface area contributed by atoms with E-state index in [2.05, 4.69) is 10.3 Å². The highest BCUT2D eigenvalue weighted by molar-refractivity contribution is 6.05. The summed E-state index contributed by atoms with van der Waals surface area (Å²) in [7, 11) is 0. The van der Waals surface area contributed by atoms with Crippen LogP contribution in [0.25, 0.3) is 11.0 Å². The highest BCUT2D eigenvalue weighted by Gasteiger charge is 2.14. The second-order valence-electron chi connectivity index (χ2n) is 5.08. The summed E-state index contributed by atoms with van der Waals surface area (Å²) in [4.78, 5) is 27.5. The molecular weight excluding hydrogens is 311 g/mol. The summed E-state index contributed by atoms with van der Waals surface area (Å²) >= 11 is 0. The minimum absolute atomic E-state index is 0.0356. The number of benzene rings is 2. The number of carbonyl (C=O) groups is 2. The molecule has 0 fully saturated rings. The summed E-state index contributed by atoms with van der Waals surface area (Å²) < 4.78 is 19.5. The molecule has 0 atom stereocenters. The normalized spacial score (nSPS) is 11.5. The molecule has 3 rings (SSSR count). The molecule has 5 nitrogen and oxygen atoms in total. The number of nitrogens with zero attached hydrogens (tertiary/aromatic N) is 1. The van der Waals surface area contributed by atoms with E-state index in [0.29, 0.717) is 11.0 Å². The number of hydrogen-bond acceptors (Lipinski definition) is 4. The van der Waals surface area contributed by atoms with Crippen LogP contribution >= 0.6 is 0 Å². The number of carbonyl (C=O) groups excluding carboxylic acids is 2. The van der Waals surface area contributed by atoms with Crippen molar-refractivity contribution in [3.63, 3.8) is 0 Å². The van der Waals surface area contributed by atoms with Crippen molar-refractivity contribution in [2.24, 2.45) is 4.99 Å². The molecule has 1 N–H and O–H groups in total. The van der Waals surface area contributed by atoms with Crippen LogP contribution in [-0.4, -0.2) is 11.8 Å². The first-order valence-corrected chi connectivity index (χ1v) is 7.18. The lowest BCUT2D eigenvalue weighted by atomic mass is 10.1. The Labute approximate surface area is 136 Å². The molecule has 0 saturated heterocycles. The molecule has 2 aromatic carbocycles. The molecule has 24 heavy (non-hydrogen) atoms. The van der Waals surface area contributed by atoms with Crippen molar-refractivity contribution in [2.75, 3.05) is 0 Å². The molecular formula is C18H13FN2O3. The maximum Gasteiger partial charge on any atom is 0.263 e. The van der Waals surface area contributed by atoms with Crippen molar-refractivity contribution in [1.82, 2.24) is 5.32 Å². The molecule has 1 aromatic heterocycles. The Morgan fingerprint density at radius 1 is 1.08 bits per heavy atom. The smallest absolute Gasteiger partial charge is 0.263 e. The van der Waals surface area contributed by atoms with Crippen LogP contribution < -0.4 is 10.9 Å². The van der Waals surface area contributed by atoms with Crippen LogP contribution in [-0.2, 0) is 4.79 Å². The largest absolute Gasteiger partial charge is 0.438 e. The van der Waals surface area contributed by atoms with Gasteiger partial charge in [-0.05, 0) is 24.3 Å². The monoisotopic (exact) mass is 324 g/mol. The molecule has 2 amide bonds. The summed E-state index contributed by atoms with van der Waals surface area (Å²) in [5, 5.41) is 2.84. The van der Waals surface area contributed by atoms with Crippen LogP contribution in [0.4, 0.5) is 10.1 Å². The minimum Gasteiger partial charge on any atom is -0.438 e. The van der Waals surface area contributed by atoms with Crippen LogP contribution in [0.3, 0.4) is 0 Å². The fourth-order valence-electron chi connectivity index (χ4n) is 2.19. The van der Waals surface area contributed by atoms with Crippen molar-refractivity contribution >= 4 is 28.5 Å². The van der Waals surface area contributed by atoms with E-state index >= 15 is 0 Å². The molecule has 0 spiro atoms. The summed E-state index contributed by atoms with van der Waals surface area (Å²) in [5.41, 5.74) is 0.505. The van der Waals surface area contributed by atoms with Gasteiger partial charge in [0.25, 0.3) is 5.91 Å². The molecule has 0 aliphatic carbocycles. The molecule has 0 unspecified atom stereocenters. The maximum absolute atomic E-state index is 13.8. The SMILES string of the molecule is CC(=O)NC(=O)c1cc2ccccc2oc1=Nc1ccccc1F. The summed E-state index contributed by atoms with van der Waals surface area (Å²) in [6.07, 6.45) is 0. The van der Waals surface area contributed by atoms with Gasteiger partial charge in [-0.2, -0.15) is 0 Å². The van der Waals surface area contributed by atoms with E-state index in [1.165, 1.54) is 25.1 Å². The fraction of sp³-hybridized carbons (Fsp3) is 0.0556. The molecule has 120 valence electrons. The number of para-hydroxylation sites is 2. The van der Waals surface area contributed by atoms with E-state index < -0.39 is 17.6 Å². The van der Waals surface area contributed by atoms with E-state index in [-0.39, 0.29) is 16.8 Å². The predicted octanol–water partition coefficient (Wildman–Crippen LogP) is 3.08. The van der Waals surface area contributed by atoms with Crippen molar-refractivity contribution in [3.8, 4) is 0 Å². The van der Waals surface area contributed by atoms with Gasteiger partial charge < -0.3 is 4.42 Å². The quantitative estimate of drug-likeness (QED) is 0.787. The fourth-order valence-corrected chi connectivity index (χ4v) is 2.19. The van der Waals surface area contributed by atoms with Gasteiger partial charge in [0, 0.05) is 12.3 Å². The summed E-state index contributed by atoms with van der Waals surface area (Å²) in [6, 6.07) is 14.5. The van der Waals surface area contributed by atoms with Gasteiger partial charge in [0.15, 0.2) is 0 Å². The van der Waals surface area contributed by atoms with Gasteiger partial charge in [-0.15, -0.1) is 0 Å². The van der Waals surface area contributed by atoms with Gasteiger partial charge in [0.2, 0.25) is 11.5 Å². The van der Waals surface area contributed by atoms with E-state index in [1.807, 2.05) is 0 Å². The van der Waals surface area contributed by atoms with Crippen molar-refractivity contribution in [1.29, 1.82) is 0 Å². The Balaban J connectivity index is 2.26. The van der Waals surface area contributed by atoms with E-state index in [4.69, 9.17) is 4.42 Å². The van der Waals surface area contributed by atoms with Gasteiger partial charge in [-0.25, -0.2) is 9.38 Å². The molecule has 0 radical (unpaired) electrons. The molecule has 6 heteroatoms. The molecule has 0 bridgehead atoms. The summed E-state index contributed by atoms with van der Waals surface area (Å²) in [5.74, 6) is -1.71. The summed E-state index contributed by atoms with van der Waals surface area (Å²) in [6.45, 7) is 1.23. The minimum atomic E-state index is -0.660. The third-order valence-electron chi connectivity index (χ3n) is 3.26. The lowest BCUT2D eigenvalue weighted by molar-refractivity contribution is -0.118. The number of amides is 2. The number of halogens is 1. The van der Waals surface area contributed by atoms with Gasteiger partial charge in [-0.3, -0.25) is 14.9 Å². The second-order valence-corrected chi connectivity index (χ2v) is 5.08. The van der Waals surface area contributed by atoms with Crippen LogP contribution in [0.5, 0.6) is 0 Å². The van der Waals surface area contributed by atoms with E-state index in [0.717, 1.165) is 0 Å². The van der Waals surface area contributed by atoms with Crippen LogP contribution in [0.15, 0.2) is 64.0 Å². The van der Waals surface area contributed by atoms with Crippen LogP contribution in [0, 0.1) is 5.82 Å². The van der Waals surface area contributed by atoms with Gasteiger partial charge >= 0.3 is 0 Å². The Morgan fingerprint density at radius 2 is 1.79 bits per heavy atom. The Bertz CT molecular complexity index is 1010. The molecule has 0 aliphatic rings. The third-order valence-corrected chi connectivity index (χ3v) is 3.26. The topological polar surface area (TPSA) is 71.7 Å². The zero-order valence-corrected chi connectivity index (χ0v) is 12.7. The van der Waals surface area contributed by atoms with Crippen LogP contribution in [0.1, 0.15) is 17.3 Å². The lowest BCUT2D eigenvalue weighted by Gasteiger charge is -2.04. The lowest BCUT2D eigenvalue weighted by Crippen LogP contribution is -2.32.